The summed E-state index contributed by atoms with van der Waals surface area (Å²) in [6.07, 6.45) is 8.21. The summed E-state index contributed by atoms with van der Waals surface area (Å²) >= 11 is 7.33. The van der Waals surface area contributed by atoms with Gasteiger partial charge >= 0.3 is 0 Å². The highest BCUT2D eigenvalue weighted by molar-refractivity contribution is 8.01. The molecule has 0 saturated heterocycles. The third-order valence-electron chi connectivity index (χ3n) is 5.06. The quantitative estimate of drug-likeness (QED) is 0.290. The number of aromatic hydroxyl groups is 1. The molecule has 0 aromatic carbocycles. The molecule has 0 fully saturated rings. The van der Waals surface area contributed by atoms with Gasteiger partial charge in [-0.05, 0) is 11.9 Å². The van der Waals surface area contributed by atoms with E-state index in [9.17, 15) is 5.11 Å². The lowest BCUT2D eigenvalue weighted by Crippen LogP contribution is -2.15. The Hall–Kier alpha value is -2.96. The Morgan fingerprint density at radius 3 is 2.56 bits per heavy atom. The van der Waals surface area contributed by atoms with Gasteiger partial charge < -0.3 is 14.6 Å². The molecule has 3 unspecified atom stereocenters. The lowest BCUT2D eigenvalue weighted by atomic mass is 10.1. The average Bonchev–Trinajstić information content (AvgIpc) is 3.25. The van der Waals surface area contributed by atoms with Crippen molar-refractivity contribution in [3.8, 4) is 17.4 Å². The smallest absolute Gasteiger partial charge is 0.245 e. The predicted molar refractivity (Wildman–Crippen MR) is 131 cm³/mol. The molecule has 3 rings (SSSR count). The van der Waals surface area contributed by atoms with E-state index in [1.165, 1.54) is 25.4 Å². The molecule has 3 aromatic heterocycles. The number of aromatic nitrogens is 7. The largest absolute Gasteiger partial charge is 0.492 e. The minimum absolute atomic E-state index is 0.0181. The molecule has 0 radical (unpaired) electrons. The van der Waals surface area contributed by atoms with Crippen LogP contribution >= 0.6 is 23.5 Å². The molecule has 182 valence electrons. The molecule has 13 heteroatoms. The molecule has 0 aliphatic rings. The van der Waals surface area contributed by atoms with Gasteiger partial charge in [0.05, 0.1) is 18.7 Å². The van der Waals surface area contributed by atoms with Gasteiger partial charge in [0, 0.05) is 36.6 Å². The summed E-state index contributed by atoms with van der Waals surface area (Å²) < 4.78 is 15.4. The van der Waals surface area contributed by atoms with E-state index < -0.39 is 0 Å². The highest BCUT2D eigenvalue weighted by Crippen LogP contribution is 2.35. The number of anilines is 1. The first-order valence-corrected chi connectivity index (χ1v) is 11.7. The van der Waals surface area contributed by atoms with Gasteiger partial charge in [-0.3, -0.25) is 9.29 Å². The molecule has 0 amide bonds. The lowest BCUT2D eigenvalue weighted by Gasteiger charge is -2.19. The first-order chi connectivity index (χ1) is 16.4. The van der Waals surface area contributed by atoms with Crippen molar-refractivity contribution in [1.29, 1.82) is 0 Å². The highest BCUT2D eigenvalue weighted by atomic mass is 35.5. The van der Waals surface area contributed by atoms with Gasteiger partial charge in [-0.25, -0.2) is 9.97 Å². The number of halogens is 1. The summed E-state index contributed by atoms with van der Waals surface area (Å²) in [6.45, 7) is 6.49. The van der Waals surface area contributed by atoms with Gasteiger partial charge in [0.25, 0.3) is 0 Å². The van der Waals surface area contributed by atoms with E-state index in [4.69, 9.17) is 21.1 Å². The third kappa shape index (κ3) is 5.93. The zero-order valence-electron chi connectivity index (χ0n) is 19.5. The Bertz CT molecular complexity index is 1110. The van der Waals surface area contributed by atoms with Crippen molar-refractivity contribution in [3.05, 3.63) is 47.5 Å². The zero-order chi connectivity index (χ0) is 24.7. The lowest BCUT2D eigenvalue weighted by molar-refractivity contribution is 0.233. The Balaban J connectivity index is 1.92. The Kier molecular flexibility index (Phi) is 9.02. The number of hydrogen-bond acceptors (Lipinski definition) is 11. The second-order valence-electron chi connectivity index (χ2n) is 7.42. The van der Waals surface area contributed by atoms with Gasteiger partial charge in [-0.1, -0.05) is 44.5 Å². The van der Waals surface area contributed by atoms with E-state index >= 15 is 0 Å². The van der Waals surface area contributed by atoms with E-state index in [1.807, 2.05) is 32.9 Å². The van der Waals surface area contributed by atoms with Crippen LogP contribution in [0.25, 0.3) is 5.69 Å². The standard InChI is InChI=1S/C21H27ClN8O3S/c1-12(7-6-8-32-4)18-27-28-21(30(18)16-19(31)25-11-26-20(16)33-5)29-34-14(3)13(2)17-23-9-15(22)10-24-17/h6-7,9-14H,8H2,1-5H3,(H,28,29)(H,25,26,31)/b7-6-. The molecule has 11 nitrogen and oxygen atoms in total. The number of nitrogens with zero attached hydrogens (tertiary/aromatic N) is 7. The normalized spacial score (nSPS) is 14.2. The molecule has 3 heterocycles. The van der Waals surface area contributed by atoms with Crippen molar-refractivity contribution in [2.45, 2.75) is 37.9 Å². The monoisotopic (exact) mass is 506 g/mol. The SMILES string of the molecule is COC/C=C\C(C)c1nnc(NSC(C)C(C)c2ncc(Cl)cn2)n1-c1c(O)ncnc1OC. The number of methoxy groups -OCH3 is 2. The molecule has 3 atom stereocenters. The van der Waals surface area contributed by atoms with Gasteiger partial charge in [0.2, 0.25) is 17.7 Å². The maximum absolute atomic E-state index is 10.6. The second-order valence-corrected chi connectivity index (χ2v) is 9.04. The number of nitrogens with one attached hydrogen (secondary N) is 1. The van der Waals surface area contributed by atoms with E-state index in [1.54, 1.807) is 24.1 Å². The third-order valence-corrected chi connectivity index (χ3v) is 6.33. The molecule has 2 N–H and O–H groups in total. The maximum Gasteiger partial charge on any atom is 0.245 e. The number of ether oxygens (including phenoxy) is 2. The first kappa shape index (κ1) is 25.7. The summed E-state index contributed by atoms with van der Waals surface area (Å²) in [5.41, 5.74) is 0.238. The van der Waals surface area contributed by atoms with Crippen LogP contribution in [0.2, 0.25) is 5.02 Å². The van der Waals surface area contributed by atoms with Gasteiger partial charge in [0.1, 0.15) is 18.0 Å². The minimum atomic E-state index is -0.259. The van der Waals surface area contributed by atoms with Crippen LogP contribution in [0, 0.1) is 0 Å². The summed E-state index contributed by atoms with van der Waals surface area (Å²) in [7, 11) is 3.09. The van der Waals surface area contributed by atoms with Crippen LogP contribution in [0.15, 0.2) is 30.9 Å². The number of rotatable bonds is 11. The van der Waals surface area contributed by atoms with Crippen LogP contribution in [0.5, 0.6) is 11.8 Å². The highest BCUT2D eigenvalue weighted by Gasteiger charge is 2.26. The van der Waals surface area contributed by atoms with Gasteiger partial charge in [-0.15, -0.1) is 10.2 Å². The predicted octanol–water partition coefficient (Wildman–Crippen LogP) is 3.77. The fourth-order valence-corrected chi connectivity index (χ4v) is 3.88. The summed E-state index contributed by atoms with van der Waals surface area (Å²) in [5.74, 6) is 1.40. The molecular formula is C21H27ClN8O3S. The fraction of sp³-hybridized carbons (Fsp3) is 0.429. The minimum Gasteiger partial charge on any atom is -0.492 e. The Morgan fingerprint density at radius 1 is 1.15 bits per heavy atom. The van der Waals surface area contributed by atoms with Crippen molar-refractivity contribution in [2.24, 2.45) is 0 Å². The topological polar surface area (TPSA) is 133 Å². The summed E-state index contributed by atoms with van der Waals surface area (Å²) in [6, 6.07) is 0. The Labute approximate surface area is 207 Å². The fourth-order valence-electron chi connectivity index (χ4n) is 3.03. The summed E-state index contributed by atoms with van der Waals surface area (Å²) in [4.78, 5) is 16.7. The first-order valence-electron chi connectivity index (χ1n) is 10.5. The molecule has 0 bridgehead atoms. The second kappa shape index (κ2) is 12.0. The van der Waals surface area contributed by atoms with E-state index in [0.717, 1.165) is 0 Å². The zero-order valence-corrected chi connectivity index (χ0v) is 21.1. The van der Waals surface area contributed by atoms with Crippen LogP contribution in [-0.4, -0.2) is 65.9 Å². The van der Waals surface area contributed by atoms with Crippen LogP contribution in [0.4, 0.5) is 5.95 Å². The Morgan fingerprint density at radius 2 is 1.88 bits per heavy atom. The molecule has 0 aliphatic carbocycles. The van der Waals surface area contributed by atoms with Crippen molar-refractivity contribution in [2.75, 3.05) is 25.5 Å². The van der Waals surface area contributed by atoms with Crippen LogP contribution < -0.4 is 9.46 Å². The van der Waals surface area contributed by atoms with E-state index in [0.29, 0.717) is 29.2 Å². The van der Waals surface area contributed by atoms with Crippen LogP contribution in [0.1, 0.15) is 44.3 Å². The van der Waals surface area contributed by atoms with Gasteiger partial charge in [0.15, 0.2) is 5.69 Å². The number of hydrogen-bond donors (Lipinski definition) is 2. The average molecular weight is 507 g/mol. The van der Waals surface area contributed by atoms with Crippen molar-refractivity contribution >= 4 is 29.5 Å². The van der Waals surface area contributed by atoms with Crippen molar-refractivity contribution < 1.29 is 14.6 Å². The van der Waals surface area contributed by atoms with Gasteiger partial charge in [-0.2, -0.15) is 9.97 Å². The molecule has 34 heavy (non-hydrogen) atoms. The van der Waals surface area contributed by atoms with E-state index in [-0.39, 0.29) is 34.5 Å². The molecule has 0 spiro atoms. The summed E-state index contributed by atoms with van der Waals surface area (Å²) in [5, 5.41) is 19.8. The van der Waals surface area contributed by atoms with Crippen LogP contribution in [0.3, 0.4) is 0 Å². The molecular weight excluding hydrogens is 480 g/mol. The molecule has 0 aliphatic heterocycles. The van der Waals surface area contributed by atoms with Crippen molar-refractivity contribution in [3.63, 3.8) is 0 Å². The molecule has 3 aromatic rings. The molecule has 0 saturated carbocycles. The number of allylic oxidation sites excluding steroid dienone is 1. The van der Waals surface area contributed by atoms with Crippen molar-refractivity contribution in [1.82, 2.24) is 34.7 Å². The maximum atomic E-state index is 10.6. The van der Waals surface area contributed by atoms with E-state index in [2.05, 4.69) is 34.9 Å². The van der Waals surface area contributed by atoms with Crippen LogP contribution in [-0.2, 0) is 4.74 Å².